The van der Waals surface area contributed by atoms with E-state index in [-0.39, 0.29) is 0 Å². The lowest BCUT2D eigenvalue weighted by atomic mass is 9.93. The number of nitrogens with one attached hydrogen (secondary N) is 1. The molecule has 0 spiro atoms. The van der Waals surface area contributed by atoms with Crippen LogP contribution < -0.4 is 10.1 Å². The summed E-state index contributed by atoms with van der Waals surface area (Å²) in [6, 6.07) is 7.14. The van der Waals surface area contributed by atoms with Crippen molar-refractivity contribution in [1.82, 2.24) is 5.32 Å². The van der Waals surface area contributed by atoms with E-state index in [1.807, 2.05) is 0 Å². The SMILES string of the molecule is CNC(Cc1ccc(OC)c(Br)c1)C1C2C3CCC(C3)C21. The number of benzene rings is 1. The zero-order chi connectivity index (χ0) is 14.6. The lowest BCUT2D eigenvalue weighted by Gasteiger charge is -2.20. The van der Waals surface area contributed by atoms with Gasteiger partial charge in [-0.1, -0.05) is 6.07 Å². The first-order valence-electron chi connectivity index (χ1n) is 8.22. The van der Waals surface area contributed by atoms with E-state index in [1.54, 1.807) is 7.11 Å². The van der Waals surface area contributed by atoms with Crippen molar-refractivity contribution in [2.75, 3.05) is 14.2 Å². The molecule has 5 unspecified atom stereocenters. The Balaban J connectivity index is 1.47. The molecule has 114 valence electrons. The Morgan fingerprint density at radius 1 is 1.29 bits per heavy atom. The third-order valence-electron chi connectivity index (χ3n) is 6.30. The molecule has 1 aromatic rings. The van der Waals surface area contributed by atoms with Crippen LogP contribution in [0.2, 0.25) is 0 Å². The van der Waals surface area contributed by atoms with Crippen molar-refractivity contribution < 1.29 is 4.74 Å². The average molecular weight is 350 g/mol. The second-order valence-electron chi connectivity index (χ2n) is 7.13. The van der Waals surface area contributed by atoms with Crippen molar-refractivity contribution in [3.05, 3.63) is 28.2 Å². The van der Waals surface area contributed by atoms with Gasteiger partial charge in [-0.3, -0.25) is 0 Å². The maximum Gasteiger partial charge on any atom is 0.133 e. The summed E-state index contributed by atoms with van der Waals surface area (Å²) in [5.41, 5.74) is 1.40. The Morgan fingerprint density at radius 2 is 2.00 bits per heavy atom. The number of ether oxygens (including phenoxy) is 1. The molecule has 0 radical (unpaired) electrons. The first-order valence-corrected chi connectivity index (χ1v) is 9.02. The lowest BCUT2D eigenvalue weighted by molar-refractivity contribution is 0.376. The van der Waals surface area contributed by atoms with Gasteiger partial charge >= 0.3 is 0 Å². The normalized spacial score (nSPS) is 37.4. The number of hydrogen-bond acceptors (Lipinski definition) is 2. The molecule has 1 aromatic carbocycles. The van der Waals surface area contributed by atoms with Crippen LogP contribution in [0, 0.1) is 29.6 Å². The third-order valence-corrected chi connectivity index (χ3v) is 6.92. The highest BCUT2D eigenvalue weighted by molar-refractivity contribution is 9.10. The van der Waals surface area contributed by atoms with Crippen LogP contribution in [0.4, 0.5) is 0 Å². The molecule has 0 amide bonds. The van der Waals surface area contributed by atoms with Gasteiger partial charge in [0.05, 0.1) is 11.6 Å². The summed E-state index contributed by atoms with van der Waals surface area (Å²) in [4.78, 5) is 0. The predicted molar refractivity (Wildman–Crippen MR) is 88.5 cm³/mol. The van der Waals surface area contributed by atoms with E-state index in [0.717, 1.165) is 46.2 Å². The second kappa shape index (κ2) is 5.27. The van der Waals surface area contributed by atoms with Gasteiger partial charge in [0, 0.05) is 6.04 Å². The molecule has 0 saturated heterocycles. The summed E-state index contributed by atoms with van der Waals surface area (Å²) in [5, 5.41) is 3.61. The third kappa shape index (κ3) is 2.24. The van der Waals surface area contributed by atoms with Crippen molar-refractivity contribution in [2.45, 2.75) is 31.7 Å². The number of rotatable bonds is 5. The maximum atomic E-state index is 5.33. The van der Waals surface area contributed by atoms with E-state index in [4.69, 9.17) is 4.74 Å². The van der Waals surface area contributed by atoms with Gasteiger partial charge in [-0.05, 0) is 95.9 Å². The summed E-state index contributed by atoms with van der Waals surface area (Å²) < 4.78 is 6.39. The Labute approximate surface area is 135 Å². The molecule has 0 heterocycles. The van der Waals surface area contributed by atoms with Crippen LogP contribution in [0.15, 0.2) is 22.7 Å². The predicted octanol–water partition coefficient (Wildman–Crippen LogP) is 3.88. The molecule has 2 nitrogen and oxygen atoms in total. The highest BCUT2D eigenvalue weighted by Gasteiger charge is 2.66. The van der Waals surface area contributed by atoms with Gasteiger partial charge in [0.15, 0.2) is 0 Å². The van der Waals surface area contributed by atoms with E-state index >= 15 is 0 Å². The molecule has 3 heteroatoms. The molecule has 3 fully saturated rings. The fraction of sp³-hybridized carbons (Fsp3) is 0.667. The summed E-state index contributed by atoms with van der Waals surface area (Å²) in [7, 11) is 3.86. The summed E-state index contributed by atoms with van der Waals surface area (Å²) in [6.07, 6.45) is 5.69. The Hall–Kier alpha value is -0.540. The number of likely N-dealkylation sites (N-methyl/N-ethyl adjacent to an activating group) is 1. The van der Waals surface area contributed by atoms with Crippen LogP contribution in [-0.4, -0.2) is 20.2 Å². The number of halogens is 1. The molecular weight excluding hydrogens is 326 g/mol. The molecule has 3 aliphatic carbocycles. The van der Waals surface area contributed by atoms with Crippen LogP contribution in [0.25, 0.3) is 0 Å². The molecule has 1 N–H and O–H groups in total. The van der Waals surface area contributed by atoms with Crippen LogP contribution in [0.5, 0.6) is 5.75 Å². The fourth-order valence-corrected chi connectivity index (χ4v) is 6.04. The number of methoxy groups -OCH3 is 1. The topological polar surface area (TPSA) is 21.3 Å². The standard InChI is InChI=1S/C18H24BrNO/c1-20-14(8-10-3-6-15(21-2)13(19)7-10)18-16-11-4-5-12(9-11)17(16)18/h3,6-7,11-12,14,16-18,20H,4-5,8-9H2,1-2H3. The molecule has 0 aliphatic heterocycles. The van der Waals surface area contributed by atoms with E-state index in [0.29, 0.717) is 6.04 Å². The Bertz CT molecular complexity index is 530. The van der Waals surface area contributed by atoms with Gasteiger partial charge in [-0.2, -0.15) is 0 Å². The first kappa shape index (κ1) is 14.1. The Morgan fingerprint density at radius 3 is 2.57 bits per heavy atom. The molecule has 3 saturated carbocycles. The van der Waals surface area contributed by atoms with Crippen molar-refractivity contribution in [3.63, 3.8) is 0 Å². The average Bonchev–Trinajstić information content (AvgIpc) is 2.91. The molecule has 0 aromatic heterocycles. The fourth-order valence-electron chi connectivity index (χ4n) is 5.45. The minimum Gasteiger partial charge on any atom is -0.496 e. The summed E-state index contributed by atoms with van der Waals surface area (Å²) >= 11 is 3.60. The first-order chi connectivity index (χ1) is 10.2. The van der Waals surface area contributed by atoms with E-state index < -0.39 is 0 Å². The molecule has 4 rings (SSSR count). The van der Waals surface area contributed by atoms with E-state index in [9.17, 15) is 0 Å². The van der Waals surface area contributed by atoms with Gasteiger partial charge in [0.2, 0.25) is 0 Å². The van der Waals surface area contributed by atoms with E-state index in [2.05, 4.69) is 46.5 Å². The van der Waals surface area contributed by atoms with Gasteiger partial charge in [-0.15, -0.1) is 0 Å². The zero-order valence-corrected chi connectivity index (χ0v) is 14.4. The highest BCUT2D eigenvalue weighted by Crippen LogP contribution is 2.70. The number of hydrogen-bond donors (Lipinski definition) is 1. The smallest absolute Gasteiger partial charge is 0.133 e. The van der Waals surface area contributed by atoms with Crippen molar-refractivity contribution in [2.24, 2.45) is 29.6 Å². The van der Waals surface area contributed by atoms with Gasteiger partial charge < -0.3 is 10.1 Å². The minimum atomic E-state index is 0.642. The maximum absolute atomic E-state index is 5.33. The monoisotopic (exact) mass is 349 g/mol. The van der Waals surface area contributed by atoms with Gasteiger partial charge in [0.25, 0.3) is 0 Å². The van der Waals surface area contributed by atoms with Crippen LogP contribution in [0.1, 0.15) is 24.8 Å². The summed E-state index contributed by atoms with van der Waals surface area (Å²) in [5.74, 6) is 6.06. The molecule has 21 heavy (non-hydrogen) atoms. The van der Waals surface area contributed by atoms with Crippen LogP contribution in [0.3, 0.4) is 0 Å². The van der Waals surface area contributed by atoms with Crippen molar-refractivity contribution in [3.8, 4) is 5.75 Å². The van der Waals surface area contributed by atoms with Gasteiger partial charge in [-0.25, -0.2) is 0 Å². The van der Waals surface area contributed by atoms with Crippen LogP contribution in [-0.2, 0) is 6.42 Å². The van der Waals surface area contributed by atoms with Crippen molar-refractivity contribution in [1.29, 1.82) is 0 Å². The Kier molecular flexibility index (Phi) is 3.54. The largest absolute Gasteiger partial charge is 0.496 e. The molecule has 5 atom stereocenters. The van der Waals surface area contributed by atoms with Crippen LogP contribution >= 0.6 is 15.9 Å². The highest BCUT2D eigenvalue weighted by atomic mass is 79.9. The number of fused-ring (bicyclic) bond motifs is 5. The lowest BCUT2D eigenvalue weighted by Crippen LogP contribution is -2.32. The van der Waals surface area contributed by atoms with E-state index in [1.165, 1.54) is 24.8 Å². The molecule has 2 bridgehead atoms. The quantitative estimate of drug-likeness (QED) is 0.870. The zero-order valence-electron chi connectivity index (χ0n) is 12.8. The minimum absolute atomic E-state index is 0.642. The summed E-state index contributed by atoms with van der Waals surface area (Å²) in [6.45, 7) is 0. The van der Waals surface area contributed by atoms with Gasteiger partial charge in [0.1, 0.15) is 5.75 Å². The second-order valence-corrected chi connectivity index (χ2v) is 7.99. The van der Waals surface area contributed by atoms with Crippen molar-refractivity contribution >= 4 is 15.9 Å². The molecular formula is C18H24BrNO. The molecule has 3 aliphatic rings.